The molecule has 0 aliphatic heterocycles. The van der Waals surface area contributed by atoms with Gasteiger partial charge in [-0.25, -0.2) is 8.78 Å². The van der Waals surface area contributed by atoms with E-state index in [2.05, 4.69) is 10.3 Å². The standard InChI is InChI=1S/C30H21Cl2F5N2O3/c31-23-8-4-16(10-22(23)30(35,36)37)20-7-6-19(12-24(20)32)38-15-18-11-25(33)26(34)13-21(18)17-5-9-27(39-14-17)28(40)2-1-3-29(41)42/h4-14,38H,1-3,15H2,(H,41,42). The number of hydrogen-bond donors (Lipinski definition) is 2. The predicted molar refractivity (Wildman–Crippen MR) is 150 cm³/mol. The highest BCUT2D eigenvalue weighted by atomic mass is 35.5. The van der Waals surface area contributed by atoms with Gasteiger partial charge in [0.1, 0.15) is 5.69 Å². The lowest BCUT2D eigenvalue weighted by atomic mass is 9.99. The van der Waals surface area contributed by atoms with Gasteiger partial charge >= 0.3 is 12.1 Å². The quantitative estimate of drug-likeness (QED) is 0.136. The molecule has 3 aromatic carbocycles. The second kappa shape index (κ2) is 12.9. The van der Waals surface area contributed by atoms with Crippen LogP contribution in [0.2, 0.25) is 10.0 Å². The van der Waals surface area contributed by atoms with E-state index in [0.29, 0.717) is 27.9 Å². The summed E-state index contributed by atoms with van der Waals surface area (Å²) in [5.74, 6) is -3.52. The molecule has 0 aliphatic carbocycles. The van der Waals surface area contributed by atoms with E-state index in [4.69, 9.17) is 28.3 Å². The lowest BCUT2D eigenvalue weighted by Crippen LogP contribution is -2.06. The van der Waals surface area contributed by atoms with Crippen molar-refractivity contribution in [2.45, 2.75) is 32.0 Å². The van der Waals surface area contributed by atoms with E-state index in [1.807, 2.05) is 0 Å². The molecule has 1 aromatic heterocycles. The summed E-state index contributed by atoms with van der Waals surface area (Å²) in [6.07, 6.45) is -3.29. The predicted octanol–water partition coefficient (Wildman–Crippen LogP) is 9.07. The normalized spacial score (nSPS) is 11.4. The third-order valence-corrected chi connectivity index (χ3v) is 6.98. The van der Waals surface area contributed by atoms with E-state index in [1.54, 1.807) is 6.07 Å². The van der Waals surface area contributed by atoms with Gasteiger partial charge in [-0.1, -0.05) is 41.4 Å². The van der Waals surface area contributed by atoms with Crippen LogP contribution in [0.1, 0.15) is 40.9 Å². The number of carboxylic acid groups (broad SMARTS) is 1. The van der Waals surface area contributed by atoms with Crippen LogP contribution < -0.4 is 5.32 Å². The van der Waals surface area contributed by atoms with Crippen LogP contribution >= 0.6 is 23.2 Å². The van der Waals surface area contributed by atoms with Gasteiger partial charge in [0.05, 0.1) is 15.6 Å². The molecule has 12 heteroatoms. The summed E-state index contributed by atoms with van der Waals surface area (Å²) in [4.78, 5) is 27.0. The van der Waals surface area contributed by atoms with Crippen molar-refractivity contribution in [3.63, 3.8) is 0 Å². The maximum atomic E-state index is 14.2. The van der Waals surface area contributed by atoms with Gasteiger partial charge in [-0.05, 0) is 65.6 Å². The van der Waals surface area contributed by atoms with Crippen LogP contribution in [-0.2, 0) is 17.5 Å². The van der Waals surface area contributed by atoms with Gasteiger partial charge in [0.15, 0.2) is 17.4 Å². The number of carbonyl (C=O) groups is 2. The van der Waals surface area contributed by atoms with Crippen LogP contribution in [0, 0.1) is 11.6 Å². The number of pyridine rings is 1. The molecule has 0 aliphatic rings. The number of carboxylic acids is 1. The van der Waals surface area contributed by atoms with Crippen LogP contribution in [0.3, 0.4) is 0 Å². The molecule has 218 valence electrons. The molecule has 42 heavy (non-hydrogen) atoms. The number of carbonyl (C=O) groups excluding carboxylic acids is 1. The highest BCUT2D eigenvalue weighted by molar-refractivity contribution is 6.34. The Balaban J connectivity index is 1.53. The van der Waals surface area contributed by atoms with Crippen molar-refractivity contribution < 1.29 is 36.6 Å². The fourth-order valence-electron chi connectivity index (χ4n) is 4.22. The molecule has 2 N–H and O–H groups in total. The molecule has 1 heterocycles. The molecule has 4 rings (SSSR count). The first-order valence-corrected chi connectivity index (χ1v) is 13.2. The molecule has 0 saturated heterocycles. The summed E-state index contributed by atoms with van der Waals surface area (Å²) in [7, 11) is 0. The topological polar surface area (TPSA) is 79.3 Å². The van der Waals surface area contributed by atoms with E-state index in [-0.39, 0.29) is 47.9 Å². The number of halogens is 7. The fraction of sp³-hybridized carbons (Fsp3) is 0.167. The van der Waals surface area contributed by atoms with Crippen molar-refractivity contribution in [3.05, 3.63) is 105 Å². The number of alkyl halides is 3. The number of nitrogens with one attached hydrogen (secondary N) is 1. The average molecular weight is 623 g/mol. The number of ketones is 1. The van der Waals surface area contributed by atoms with Gasteiger partial charge in [-0.3, -0.25) is 14.6 Å². The van der Waals surface area contributed by atoms with Crippen molar-refractivity contribution >= 4 is 40.6 Å². The monoisotopic (exact) mass is 622 g/mol. The third-order valence-electron chi connectivity index (χ3n) is 6.34. The Morgan fingerprint density at radius 2 is 1.55 bits per heavy atom. The zero-order valence-corrected chi connectivity index (χ0v) is 23.0. The molecular weight excluding hydrogens is 602 g/mol. The number of aromatic nitrogens is 1. The molecule has 0 amide bonds. The second-order valence-corrected chi connectivity index (χ2v) is 10.1. The number of anilines is 1. The Bertz CT molecular complexity index is 1640. The summed E-state index contributed by atoms with van der Waals surface area (Å²) >= 11 is 12.1. The Morgan fingerprint density at radius 3 is 2.19 bits per heavy atom. The van der Waals surface area contributed by atoms with E-state index in [9.17, 15) is 31.5 Å². The van der Waals surface area contributed by atoms with Crippen LogP contribution in [-0.4, -0.2) is 21.8 Å². The summed E-state index contributed by atoms with van der Waals surface area (Å²) in [5.41, 5.74) is 1.20. The molecule has 0 atom stereocenters. The number of nitrogens with zero attached hydrogens (tertiary/aromatic N) is 1. The van der Waals surface area contributed by atoms with Gasteiger partial charge < -0.3 is 10.4 Å². The van der Waals surface area contributed by atoms with E-state index in [1.165, 1.54) is 36.5 Å². The number of Topliss-reactive ketones (excluding diaryl/α,β-unsaturated/α-hetero) is 1. The highest BCUT2D eigenvalue weighted by Gasteiger charge is 2.33. The van der Waals surface area contributed by atoms with Crippen molar-refractivity contribution in [2.24, 2.45) is 0 Å². The Morgan fingerprint density at radius 1 is 0.833 bits per heavy atom. The van der Waals surface area contributed by atoms with Crippen LogP contribution in [0.4, 0.5) is 27.6 Å². The molecule has 0 radical (unpaired) electrons. The lowest BCUT2D eigenvalue weighted by molar-refractivity contribution is -0.138. The minimum atomic E-state index is -4.64. The van der Waals surface area contributed by atoms with Crippen LogP contribution in [0.25, 0.3) is 22.3 Å². The summed E-state index contributed by atoms with van der Waals surface area (Å²) in [6.45, 7) is 0.0112. The lowest BCUT2D eigenvalue weighted by Gasteiger charge is -2.15. The minimum Gasteiger partial charge on any atom is -0.481 e. The first-order valence-electron chi connectivity index (χ1n) is 12.4. The SMILES string of the molecule is O=C(O)CCCC(=O)c1ccc(-c2cc(F)c(F)cc2CNc2ccc(-c3ccc(Cl)c(C(F)(F)F)c3)c(Cl)c2)cn1. The van der Waals surface area contributed by atoms with Crippen molar-refractivity contribution in [3.8, 4) is 22.3 Å². The molecule has 0 spiro atoms. The molecular formula is C30H21Cl2F5N2O3. The highest BCUT2D eigenvalue weighted by Crippen LogP contribution is 2.39. The number of benzene rings is 3. The Kier molecular flexibility index (Phi) is 9.48. The zero-order valence-electron chi connectivity index (χ0n) is 21.5. The smallest absolute Gasteiger partial charge is 0.417 e. The van der Waals surface area contributed by atoms with Crippen LogP contribution in [0.5, 0.6) is 0 Å². The van der Waals surface area contributed by atoms with Gasteiger partial charge in [-0.15, -0.1) is 0 Å². The maximum absolute atomic E-state index is 14.2. The summed E-state index contributed by atoms with van der Waals surface area (Å²) in [6, 6.07) is 13.0. The zero-order chi connectivity index (χ0) is 30.6. The Labute approximate surface area is 246 Å². The van der Waals surface area contributed by atoms with Gasteiger partial charge in [-0.2, -0.15) is 13.2 Å². The third kappa shape index (κ3) is 7.43. The van der Waals surface area contributed by atoms with E-state index < -0.39 is 34.4 Å². The van der Waals surface area contributed by atoms with Crippen molar-refractivity contribution in [1.29, 1.82) is 0 Å². The van der Waals surface area contributed by atoms with Crippen molar-refractivity contribution in [1.82, 2.24) is 4.98 Å². The molecule has 5 nitrogen and oxygen atoms in total. The summed E-state index contributed by atoms with van der Waals surface area (Å²) in [5, 5.41) is 11.5. The van der Waals surface area contributed by atoms with Gasteiger partial charge in [0, 0.05) is 42.4 Å². The Hall–Kier alpha value is -4.02. The van der Waals surface area contributed by atoms with Crippen LogP contribution in [0.15, 0.2) is 66.9 Å². The molecule has 0 bridgehead atoms. The van der Waals surface area contributed by atoms with Gasteiger partial charge in [0.2, 0.25) is 0 Å². The number of rotatable bonds is 10. The average Bonchev–Trinajstić information content (AvgIpc) is 2.93. The molecule has 0 unspecified atom stereocenters. The maximum Gasteiger partial charge on any atom is 0.417 e. The van der Waals surface area contributed by atoms with Gasteiger partial charge in [0.25, 0.3) is 0 Å². The first-order chi connectivity index (χ1) is 19.8. The summed E-state index contributed by atoms with van der Waals surface area (Å²) < 4.78 is 68.2. The second-order valence-electron chi connectivity index (χ2n) is 9.27. The number of aliphatic carboxylic acids is 1. The van der Waals surface area contributed by atoms with E-state index in [0.717, 1.165) is 24.3 Å². The fourth-order valence-corrected chi connectivity index (χ4v) is 4.73. The largest absolute Gasteiger partial charge is 0.481 e. The molecule has 4 aromatic rings. The first kappa shape index (κ1) is 30.9. The van der Waals surface area contributed by atoms with Crippen molar-refractivity contribution in [2.75, 3.05) is 5.32 Å². The minimum absolute atomic E-state index is 0.00184. The molecule has 0 saturated carbocycles. The van der Waals surface area contributed by atoms with E-state index >= 15 is 0 Å². The molecule has 0 fully saturated rings. The number of hydrogen-bond acceptors (Lipinski definition) is 4.